The van der Waals surface area contributed by atoms with Crippen LogP contribution in [0.15, 0.2) is 47.4 Å². The second-order valence-electron chi connectivity index (χ2n) is 4.97. The molecule has 7 heteroatoms. The summed E-state index contributed by atoms with van der Waals surface area (Å²) in [7, 11) is -3.85. The maximum absolute atomic E-state index is 12.2. The summed E-state index contributed by atoms with van der Waals surface area (Å²) in [5.74, 6) is -0.623. The molecule has 0 aliphatic carbocycles. The highest BCUT2D eigenvalue weighted by Gasteiger charge is 2.17. The van der Waals surface area contributed by atoms with Gasteiger partial charge in [-0.15, -0.1) is 4.83 Å². The van der Waals surface area contributed by atoms with Gasteiger partial charge in [0, 0.05) is 5.56 Å². The molecule has 2 N–H and O–H groups in total. The number of aryl methyl sites for hydroxylation is 1. The minimum atomic E-state index is -3.85. The van der Waals surface area contributed by atoms with Gasteiger partial charge in [-0.3, -0.25) is 10.2 Å². The molecule has 0 unspecified atom stereocenters. The Morgan fingerprint density at radius 1 is 1.13 bits per heavy atom. The molecule has 0 bridgehead atoms. The van der Waals surface area contributed by atoms with Crippen LogP contribution in [0.2, 0.25) is 0 Å². The first-order valence-corrected chi connectivity index (χ1v) is 8.22. The van der Waals surface area contributed by atoms with E-state index in [1.807, 2.05) is 10.9 Å². The van der Waals surface area contributed by atoms with E-state index in [1.165, 1.54) is 12.1 Å². The molecule has 0 radical (unpaired) electrons. The molecule has 0 saturated heterocycles. The van der Waals surface area contributed by atoms with Crippen molar-refractivity contribution in [3.8, 4) is 6.07 Å². The summed E-state index contributed by atoms with van der Waals surface area (Å²) in [6, 6.07) is 13.0. The van der Waals surface area contributed by atoms with Crippen molar-refractivity contribution in [1.82, 2.24) is 10.3 Å². The third-order valence-corrected chi connectivity index (χ3v) is 4.53. The highest BCUT2D eigenvalue weighted by molar-refractivity contribution is 7.89. The van der Waals surface area contributed by atoms with E-state index < -0.39 is 15.9 Å². The molecule has 23 heavy (non-hydrogen) atoms. The van der Waals surface area contributed by atoms with Crippen molar-refractivity contribution in [3.63, 3.8) is 0 Å². The predicted octanol–water partition coefficient (Wildman–Crippen LogP) is 1.80. The molecule has 0 aliphatic rings. The van der Waals surface area contributed by atoms with Crippen molar-refractivity contribution in [2.75, 3.05) is 0 Å². The number of rotatable bonds is 4. The summed E-state index contributed by atoms with van der Waals surface area (Å²) in [5, 5.41) is 9.06. The predicted molar refractivity (Wildman–Crippen MR) is 84.9 cm³/mol. The number of nitrogens with zero attached hydrogens (tertiary/aromatic N) is 1. The molecule has 1 amide bonds. The summed E-state index contributed by atoms with van der Waals surface area (Å²) < 4.78 is 24.1. The van der Waals surface area contributed by atoms with Crippen molar-refractivity contribution in [2.45, 2.75) is 18.7 Å². The lowest BCUT2D eigenvalue weighted by Crippen LogP contribution is -2.41. The lowest BCUT2D eigenvalue weighted by atomic mass is 9.99. The molecule has 2 aromatic rings. The van der Waals surface area contributed by atoms with Gasteiger partial charge in [0.25, 0.3) is 15.9 Å². The Labute approximate surface area is 134 Å². The third kappa shape index (κ3) is 3.74. The highest BCUT2D eigenvalue weighted by atomic mass is 32.2. The van der Waals surface area contributed by atoms with E-state index in [1.54, 1.807) is 44.2 Å². The number of hydrazine groups is 1. The average Bonchev–Trinajstić information content (AvgIpc) is 2.55. The maximum Gasteiger partial charge on any atom is 0.266 e. The zero-order chi connectivity index (χ0) is 17.0. The first kappa shape index (κ1) is 16.7. The van der Waals surface area contributed by atoms with E-state index in [-0.39, 0.29) is 10.5 Å². The van der Waals surface area contributed by atoms with Crippen LogP contribution in [0.25, 0.3) is 0 Å². The largest absolute Gasteiger partial charge is 0.273 e. The summed E-state index contributed by atoms with van der Waals surface area (Å²) in [6.07, 6.45) is 0. The first-order valence-electron chi connectivity index (χ1n) is 6.73. The minimum absolute atomic E-state index is 0.0407. The normalized spacial score (nSPS) is 10.8. The van der Waals surface area contributed by atoms with Crippen LogP contribution in [0.4, 0.5) is 0 Å². The van der Waals surface area contributed by atoms with Gasteiger partial charge >= 0.3 is 0 Å². The fourth-order valence-electron chi connectivity index (χ4n) is 2.05. The number of hydrogen-bond acceptors (Lipinski definition) is 4. The number of hydrogen-bond donors (Lipinski definition) is 2. The summed E-state index contributed by atoms with van der Waals surface area (Å²) >= 11 is 0. The molecule has 6 nitrogen and oxygen atoms in total. The number of amides is 1. The van der Waals surface area contributed by atoms with Crippen molar-refractivity contribution >= 4 is 15.9 Å². The number of nitriles is 1. The van der Waals surface area contributed by atoms with Gasteiger partial charge in [-0.1, -0.05) is 18.2 Å². The molecule has 0 heterocycles. The van der Waals surface area contributed by atoms with E-state index in [0.29, 0.717) is 11.1 Å². The van der Waals surface area contributed by atoms with Crippen molar-refractivity contribution in [3.05, 3.63) is 64.7 Å². The van der Waals surface area contributed by atoms with Crippen LogP contribution in [0, 0.1) is 25.2 Å². The maximum atomic E-state index is 12.2. The number of carbonyl (C=O) groups is 1. The quantitative estimate of drug-likeness (QED) is 0.835. The summed E-state index contributed by atoms with van der Waals surface area (Å²) in [5.41, 5.74) is 4.03. The zero-order valence-corrected chi connectivity index (χ0v) is 13.4. The third-order valence-electron chi connectivity index (χ3n) is 3.27. The van der Waals surface area contributed by atoms with E-state index in [9.17, 15) is 13.2 Å². The van der Waals surface area contributed by atoms with E-state index >= 15 is 0 Å². The molecule has 0 fully saturated rings. The van der Waals surface area contributed by atoms with Crippen LogP contribution >= 0.6 is 0 Å². The zero-order valence-electron chi connectivity index (χ0n) is 12.6. The van der Waals surface area contributed by atoms with Crippen molar-refractivity contribution < 1.29 is 13.2 Å². The van der Waals surface area contributed by atoms with Gasteiger partial charge < -0.3 is 0 Å². The number of sulfonamides is 1. The van der Waals surface area contributed by atoms with Gasteiger partial charge in [-0.2, -0.15) is 5.26 Å². The van der Waals surface area contributed by atoms with E-state index in [0.717, 1.165) is 5.56 Å². The molecule has 118 valence electrons. The van der Waals surface area contributed by atoms with Crippen LogP contribution in [0.1, 0.15) is 27.0 Å². The molecule has 2 aromatic carbocycles. The molecule has 0 saturated carbocycles. The van der Waals surface area contributed by atoms with Gasteiger partial charge in [0.2, 0.25) is 0 Å². The second kappa shape index (κ2) is 6.60. The van der Waals surface area contributed by atoms with E-state index in [2.05, 4.69) is 5.43 Å². The molecular weight excluding hydrogens is 314 g/mol. The minimum Gasteiger partial charge on any atom is -0.273 e. The Morgan fingerprint density at radius 2 is 1.78 bits per heavy atom. The summed E-state index contributed by atoms with van der Waals surface area (Å²) in [4.78, 5) is 14.3. The van der Waals surface area contributed by atoms with E-state index in [4.69, 9.17) is 5.26 Å². The number of carbonyl (C=O) groups excluding carboxylic acids is 1. The van der Waals surface area contributed by atoms with Gasteiger partial charge in [0.05, 0.1) is 16.5 Å². The van der Waals surface area contributed by atoms with Crippen molar-refractivity contribution in [1.29, 1.82) is 5.26 Å². The van der Waals surface area contributed by atoms with Gasteiger partial charge in [-0.05, 0) is 49.2 Å². The number of nitrogens with one attached hydrogen (secondary N) is 2. The Balaban J connectivity index is 2.21. The topological polar surface area (TPSA) is 99.1 Å². The van der Waals surface area contributed by atoms with Crippen LogP contribution < -0.4 is 10.3 Å². The summed E-state index contributed by atoms with van der Waals surface area (Å²) in [6.45, 7) is 3.39. The molecular formula is C16H15N3O3S. The fourth-order valence-corrected chi connectivity index (χ4v) is 2.91. The Hall–Kier alpha value is -2.69. The molecule has 0 atom stereocenters. The SMILES string of the molecule is Cc1cc(C#N)c(C)c(C(=O)NNS(=O)(=O)c2ccccc2)c1. The van der Waals surface area contributed by atoms with Crippen LogP contribution in [0.5, 0.6) is 0 Å². The highest BCUT2D eigenvalue weighted by Crippen LogP contribution is 2.16. The van der Waals surface area contributed by atoms with Gasteiger partial charge in [0.15, 0.2) is 0 Å². The molecule has 0 spiro atoms. The van der Waals surface area contributed by atoms with Crippen LogP contribution in [-0.2, 0) is 10.0 Å². The molecule has 2 rings (SSSR count). The Bertz CT molecular complexity index is 885. The second-order valence-corrected chi connectivity index (χ2v) is 6.65. The lowest BCUT2D eigenvalue weighted by molar-refractivity contribution is 0.0944. The average molecular weight is 329 g/mol. The van der Waals surface area contributed by atoms with Gasteiger partial charge in [0.1, 0.15) is 0 Å². The van der Waals surface area contributed by atoms with Crippen LogP contribution in [-0.4, -0.2) is 14.3 Å². The smallest absolute Gasteiger partial charge is 0.266 e. The Morgan fingerprint density at radius 3 is 2.39 bits per heavy atom. The first-order chi connectivity index (χ1) is 10.8. The molecule has 0 aromatic heterocycles. The Kier molecular flexibility index (Phi) is 4.79. The standard InChI is InChI=1S/C16H15N3O3S/c1-11-8-13(10-17)12(2)15(9-11)16(20)18-19-23(21,22)14-6-4-3-5-7-14/h3-9,19H,1-2H3,(H,18,20). The monoisotopic (exact) mass is 329 g/mol. The number of benzene rings is 2. The van der Waals surface area contributed by atoms with Crippen molar-refractivity contribution in [2.24, 2.45) is 0 Å². The fraction of sp³-hybridized carbons (Fsp3) is 0.125. The molecule has 0 aliphatic heterocycles. The van der Waals surface area contributed by atoms with Crippen LogP contribution in [0.3, 0.4) is 0 Å². The lowest BCUT2D eigenvalue weighted by Gasteiger charge is -2.11. The van der Waals surface area contributed by atoms with Gasteiger partial charge in [-0.25, -0.2) is 8.42 Å².